The van der Waals surface area contributed by atoms with Crippen LogP contribution in [0.4, 0.5) is 34.6 Å². The summed E-state index contributed by atoms with van der Waals surface area (Å²) in [4.78, 5) is 51.3. The average Bonchev–Trinajstić information content (AvgIpc) is 3.98. The molecule has 4 aromatic heterocycles. The molecule has 2 amide bonds. The van der Waals surface area contributed by atoms with E-state index in [2.05, 4.69) is 51.5 Å². The Hall–Kier alpha value is -7.48. The van der Waals surface area contributed by atoms with Crippen LogP contribution in [0.5, 0.6) is 0 Å². The largest absolute Gasteiger partial charge is 0.465 e. The summed E-state index contributed by atoms with van der Waals surface area (Å²) in [6.45, 7) is 2.74. The smallest absolute Gasteiger partial charge is 0.343 e. The summed E-state index contributed by atoms with van der Waals surface area (Å²) in [5.41, 5.74) is 3.09. The van der Waals surface area contributed by atoms with Crippen molar-refractivity contribution in [3.8, 4) is 11.4 Å². The van der Waals surface area contributed by atoms with Crippen LogP contribution < -0.4 is 10.6 Å². The number of hydrogen-bond acceptors (Lipinski definition) is 14. The average molecular weight is 803 g/mol. The van der Waals surface area contributed by atoms with Crippen molar-refractivity contribution in [1.29, 1.82) is 0 Å². The number of rotatable bonds is 17. The molecule has 6 aromatic rings. The lowest BCUT2D eigenvalue weighted by Gasteiger charge is -2.10. The minimum Gasteiger partial charge on any atom is -0.465 e. The number of unbranched alkanes of at least 4 members (excludes halogenated alkanes) is 2. The number of aliphatic hydroxyl groups is 1. The van der Waals surface area contributed by atoms with Gasteiger partial charge in [-0.1, -0.05) is 42.8 Å². The van der Waals surface area contributed by atoms with E-state index in [0.29, 0.717) is 53.5 Å². The van der Waals surface area contributed by atoms with Gasteiger partial charge in [-0.2, -0.15) is 20.4 Å². The summed E-state index contributed by atoms with van der Waals surface area (Å²) < 4.78 is 10.7. The number of methoxy groups -OCH3 is 1. The minimum absolute atomic E-state index is 0.102. The number of carbonyl (C=O) groups excluding carboxylic acids is 4. The Morgan fingerprint density at radius 2 is 1.10 bits per heavy atom. The number of nitrogens with one attached hydrogen (secondary N) is 2. The number of benzene rings is 2. The molecule has 6 rings (SSSR count). The Morgan fingerprint density at radius 3 is 1.54 bits per heavy atom. The lowest BCUT2D eigenvalue weighted by molar-refractivity contribution is -0.116. The van der Waals surface area contributed by atoms with E-state index in [1.165, 1.54) is 28.9 Å². The van der Waals surface area contributed by atoms with Crippen LogP contribution in [-0.4, -0.2) is 81.5 Å². The van der Waals surface area contributed by atoms with Crippen LogP contribution in [0.3, 0.4) is 0 Å². The highest BCUT2D eigenvalue weighted by atomic mass is 16.5. The van der Waals surface area contributed by atoms with Gasteiger partial charge in [0.15, 0.2) is 40.4 Å². The maximum Gasteiger partial charge on any atom is 0.343 e. The number of azo groups is 2. The first kappa shape index (κ1) is 41.2. The molecule has 0 radical (unpaired) electrons. The molecular formula is C39H42N14O6. The molecule has 4 heterocycles. The van der Waals surface area contributed by atoms with E-state index >= 15 is 0 Å². The van der Waals surface area contributed by atoms with E-state index in [4.69, 9.17) is 4.74 Å². The van der Waals surface area contributed by atoms with Gasteiger partial charge in [0, 0.05) is 26.9 Å². The van der Waals surface area contributed by atoms with E-state index in [0.717, 1.165) is 0 Å². The monoisotopic (exact) mass is 802 g/mol. The van der Waals surface area contributed by atoms with Crippen molar-refractivity contribution in [3.05, 3.63) is 95.6 Å². The quantitative estimate of drug-likeness (QED) is 0.0393. The molecular weight excluding hydrogens is 761 g/mol. The topological polar surface area (TPSA) is 243 Å². The van der Waals surface area contributed by atoms with Crippen molar-refractivity contribution >= 4 is 58.2 Å². The number of esters is 1. The summed E-state index contributed by atoms with van der Waals surface area (Å²) >= 11 is 0. The summed E-state index contributed by atoms with van der Waals surface area (Å²) in [7, 11) is 4.47. The van der Waals surface area contributed by atoms with E-state index in [1.807, 2.05) is 60.7 Å². The number of para-hydroxylation sites is 2. The van der Waals surface area contributed by atoms with Crippen LogP contribution in [0.25, 0.3) is 11.4 Å². The van der Waals surface area contributed by atoms with E-state index in [1.54, 1.807) is 37.3 Å². The SMILES string of the molecule is COC(=O)c1cnn(C)c1N=Nc1c(C)nn(-c2ccccc2)c1NC(=O)CCCCCC(=O)Nc1c(N=Nc2c(C(=O)CO)cnn2C)c(C)nn1-c1ccccc1. The van der Waals surface area contributed by atoms with Gasteiger partial charge in [0.25, 0.3) is 0 Å². The van der Waals surface area contributed by atoms with Crippen molar-refractivity contribution in [1.82, 2.24) is 39.1 Å². The number of hydrogen-bond donors (Lipinski definition) is 3. The number of carbonyl (C=O) groups is 4. The van der Waals surface area contributed by atoms with Crippen LogP contribution in [0.15, 0.2) is 93.5 Å². The first-order chi connectivity index (χ1) is 28.5. The molecule has 3 N–H and O–H groups in total. The zero-order valence-electron chi connectivity index (χ0n) is 33.0. The molecule has 0 atom stereocenters. The highest BCUT2D eigenvalue weighted by Crippen LogP contribution is 2.35. The normalized spacial score (nSPS) is 11.4. The molecule has 0 aliphatic carbocycles. The Bertz CT molecular complexity index is 2360. The van der Waals surface area contributed by atoms with Crippen LogP contribution in [0, 0.1) is 13.8 Å². The molecule has 59 heavy (non-hydrogen) atoms. The van der Waals surface area contributed by atoms with Crippen LogP contribution in [0.1, 0.15) is 64.2 Å². The van der Waals surface area contributed by atoms with Gasteiger partial charge in [-0.15, -0.1) is 20.5 Å². The summed E-state index contributed by atoms with van der Waals surface area (Å²) in [6, 6.07) is 18.4. The molecule has 0 bridgehead atoms. The number of anilines is 2. The molecule has 0 saturated carbocycles. The van der Waals surface area contributed by atoms with Gasteiger partial charge >= 0.3 is 5.97 Å². The number of nitrogens with zero attached hydrogens (tertiary/aromatic N) is 12. The van der Waals surface area contributed by atoms with Gasteiger partial charge in [0.1, 0.15) is 12.2 Å². The third-order valence-corrected chi connectivity index (χ3v) is 9.04. The zero-order valence-corrected chi connectivity index (χ0v) is 33.0. The number of aryl methyl sites for hydroxylation is 4. The van der Waals surface area contributed by atoms with Crippen molar-refractivity contribution in [2.45, 2.75) is 46.0 Å². The Kier molecular flexibility index (Phi) is 13.0. The Morgan fingerprint density at radius 1 is 0.661 bits per heavy atom. The second kappa shape index (κ2) is 18.6. The maximum absolute atomic E-state index is 13.4. The fourth-order valence-electron chi connectivity index (χ4n) is 5.98. The van der Waals surface area contributed by atoms with Gasteiger partial charge < -0.3 is 20.5 Å². The van der Waals surface area contributed by atoms with Crippen molar-refractivity contribution in [3.63, 3.8) is 0 Å². The number of amides is 2. The molecule has 0 saturated heterocycles. The van der Waals surface area contributed by atoms with Crippen molar-refractivity contribution in [2.24, 2.45) is 34.6 Å². The lowest BCUT2D eigenvalue weighted by atomic mass is 10.1. The van der Waals surface area contributed by atoms with Crippen molar-refractivity contribution < 1.29 is 29.0 Å². The molecule has 0 fully saturated rings. The zero-order chi connectivity index (χ0) is 42.1. The molecule has 20 heteroatoms. The van der Waals surface area contributed by atoms with E-state index in [9.17, 15) is 24.3 Å². The predicted octanol–water partition coefficient (Wildman–Crippen LogP) is 6.46. The molecule has 0 aliphatic rings. The highest BCUT2D eigenvalue weighted by Gasteiger charge is 2.23. The fraction of sp³-hybridized carbons (Fsp3) is 0.282. The standard InChI is InChI=1S/C39H42N14O6/c1-24-33(44-46-35-28(30(55)23-54)21-40-50(35)3)37(52(48-24)26-15-9-6-10-16-26)42-31(56)19-13-8-14-20-32(57)43-38-34(25(2)49-53(38)27-17-11-7-12-18-27)45-47-36-29(39(58)59-5)22-41-51(36)4/h6-7,9-12,15-18,21-22,54H,8,13-14,19-20,23H2,1-5H3,(H,42,56)(H,43,57). The summed E-state index contributed by atoms with van der Waals surface area (Å²) in [5, 5.41) is 49.9. The fourth-order valence-corrected chi connectivity index (χ4v) is 5.98. The molecule has 20 nitrogen and oxygen atoms in total. The highest BCUT2D eigenvalue weighted by molar-refractivity contribution is 6.00. The number of ether oxygens (including phenoxy) is 1. The first-order valence-electron chi connectivity index (χ1n) is 18.5. The Labute approximate surface area is 337 Å². The van der Waals surface area contributed by atoms with Gasteiger partial charge in [-0.05, 0) is 51.0 Å². The summed E-state index contributed by atoms with van der Waals surface area (Å²) in [5.74, 6) is -0.909. The van der Waals surface area contributed by atoms with Gasteiger partial charge in [0.05, 0.1) is 47.8 Å². The van der Waals surface area contributed by atoms with Gasteiger partial charge in [-0.25, -0.2) is 23.5 Å². The van der Waals surface area contributed by atoms with E-state index < -0.39 is 18.4 Å². The maximum atomic E-state index is 13.4. The third-order valence-electron chi connectivity index (χ3n) is 9.04. The predicted molar refractivity (Wildman–Crippen MR) is 214 cm³/mol. The van der Waals surface area contributed by atoms with Crippen LogP contribution in [0.2, 0.25) is 0 Å². The van der Waals surface area contributed by atoms with Crippen molar-refractivity contribution in [2.75, 3.05) is 24.4 Å². The number of Topliss-reactive ketones (excluding diaryl/α,β-unsaturated/α-hetero) is 1. The van der Waals surface area contributed by atoms with Gasteiger partial charge in [-0.3, -0.25) is 14.4 Å². The Balaban J connectivity index is 1.12. The first-order valence-corrected chi connectivity index (χ1v) is 18.5. The lowest BCUT2D eigenvalue weighted by Crippen LogP contribution is -2.16. The second-order valence-electron chi connectivity index (χ2n) is 13.2. The molecule has 2 aromatic carbocycles. The number of aromatic nitrogens is 8. The second-order valence-corrected chi connectivity index (χ2v) is 13.2. The summed E-state index contributed by atoms with van der Waals surface area (Å²) in [6.07, 6.45) is 4.44. The number of ketones is 1. The van der Waals surface area contributed by atoms with E-state index in [-0.39, 0.29) is 58.9 Å². The van der Waals surface area contributed by atoms with Crippen LogP contribution in [-0.2, 0) is 28.4 Å². The molecule has 0 aliphatic heterocycles. The number of aliphatic hydroxyl groups excluding tert-OH is 1. The van der Waals surface area contributed by atoms with Gasteiger partial charge in [0.2, 0.25) is 11.8 Å². The minimum atomic E-state index is -0.715. The molecule has 304 valence electrons. The third kappa shape index (κ3) is 9.39. The molecule has 0 unspecified atom stereocenters. The van der Waals surface area contributed by atoms with Crippen LogP contribution >= 0.6 is 0 Å². The molecule has 0 spiro atoms.